The van der Waals surface area contributed by atoms with Gasteiger partial charge in [-0.25, -0.2) is 0 Å². The van der Waals surface area contributed by atoms with Gasteiger partial charge in [0, 0.05) is 29.1 Å². The standard InChI is InChI=1S/C17H19N3S/c1-2-20-17-9-4-3-8-15(17)16(19-20)12-21-14-7-5-6-13(10-14)11-18/h3-10H,2,11-12,18H2,1H3. The third-order valence-electron chi connectivity index (χ3n) is 3.54. The SMILES string of the molecule is CCn1nc(CSc2cccc(CN)c2)c2ccccc21. The van der Waals surface area contributed by atoms with Crippen LogP contribution in [0, 0.1) is 0 Å². The summed E-state index contributed by atoms with van der Waals surface area (Å²) in [5.74, 6) is 0.877. The summed E-state index contributed by atoms with van der Waals surface area (Å²) in [6.45, 7) is 3.61. The highest BCUT2D eigenvalue weighted by Crippen LogP contribution is 2.27. The van der Waals surface area contributed by atoms with Gasteiger partial charge in [-0.05, 0) is 30.7 Å². The van der Waals surface area contributed by atoms with E-state index in [9.17, 15) is 0 Å². The molecule has 0 unspecified atom stereocenters. The van der Waals surface area contributed by atoms with Crippen molar-refractivity contribution in [2.45, 2.75) is 30.7 Å². The number of nitrogens with zero attached hydrogens (tertiary/aromatic N) is 2. The lowest BCUT2D eigenvalue weighted by atomic mass is 10.2. The molecular weight excluding hydrogens is 278 g/mol. The summed E-state index contributed by atoms with van der Waals surface area (Å²) in [4.78, 5) is 1.24. The lowest BCUT2D eigenvalue weighted by Gasteiger charge is -2.02. The number of nitrogens with two attached hydrogens (primary N) is 1. The molecule has 108 valence electrons. The maximum absolute atomic E-state index is 5.70. The summed E-state index contributed by atoms with van der Waals surface area (Å²) in [6.07, 6.45) is 0. The van der Waals surface area contributed by atoms with E-state index in [-0.39, 0.29) is 0 Å². The minimum Gasteiger partial charge on any atom is -0.326 e. The summed E-state index contributed by atoms with van der Waals surface area (Å²) >= 11 is 1.81. The molecule has 3 aromatic rings. The summed E-state index contributed by atoms with van der Waals surface area (Å²) in [6, 6.07) is 16.8. The third-order valence-corrected chi connectivity index (χ3v) is 4.55. The first-order valence-electron chi connectivity index (χ1n) is 7.18. The van der Waals surface area contributed by atoms with Crippen LogP contribution in [-0.2, 0) is 18.8 Å². The normalized spacial score (nSPS) is 11.1. The Morgan fingerprint density at radius 3 is 2.81 bits per heavy atom. The zero-order chi connectivity index (χ0) is 14.7. The highest BCUT2D eigenvalue weighted by atomic mass is 32.2. The lowest BCUT2D eigenvalue weighted by molar-refractivity contribution is 0.675. The largest absolute Gasteiger partial charge is 0.326 e. The van der Waals surface area contributed by atoms with Gasteiger partial charge in [0.2, 0.25) is 0 Å². The fourth-order valence-corrected chi connectivity index (χ4v) is 3.38. The predicted octanol–water partition coefficient (Wildman–Crippen LogP) is 3.81. The van der Waals surface area contributed by atoms with Crippen molar-refractivity contribution in [2.24, 2.45) is 5.73 Å². The minimum absolute atomic E-state index is 0.585. The Labute approximate surface area is 129 Å². The van der Waals surface area contributed by atoms with E-state index in [0.29, 0.717) is 6.54 Å². The first-order chi connectivity index (χ1) is 10.3. The van der Waals surface area contributed by atoms with Crippen LogP contribution in [0.4, 0.5) is 0 Å². The molecule has 0 aliphatic carbocycles. The van der Waals surface area contributed by atoms with Crippen molar-refractivity contribution in [1.29, 1.82) is 0 Å². The molecule has 0 saturated carbocycles. The van der Waals surface area contributed by atoms with E-state index >= 15 is 0 Å². The molecule has 2 N–H and O–H groups in total. The number of fused-ring (bicyclic) bond motifs is 1. The Morgan fingerprint density at radius 1 is 1.14 bits per heavy atom. The zero-order valence-corrected chi connectivity index (χ0v) is 12.9. The fourth-order valence-electron chi connectivity index (χ4n) is 2.46. The highest BCUT2D eigenvalue weighted by molar-refractivity contribution is 7.98. The Hall–Kier alpha value is -1.78. The zero-order valence-electron chi connectivity index (χ0n) is 12.1. The Kier molecular flexibility index (Phi) is 4.27. The number of hydrogen-bond donors (Lipinski definition) is 1. The maximum atomic E-state index is 5.70. The van der Waals surface area contributed by atoms with Gasteiger partial charge >= 0.3 is 0 Å². The second kappa shape index (κ2) is 6.33. The van der Waals surface area contributed by atoms with Gasteiger partial charge in [-0.15, -0.1) is 11.8 Å². The number of aryl methyl sites for hydroxylation is 1. The van der Waals surface area contributed by atoms with Crippen LogP contribution in [0.25, 0.3) is 10.9 Å². The number of para-hydroxylation sites is 1. The van der Waals surface area contributed by atoms with Gasteiger partial charge < -0.3 is 5.73 Å². The van der Waals surface area contributed by atoms with Crippen LogP contribution in [0.5, 0.6) is 0 Å². The number of rotatable bonds is 5. The molecule has 0 aliphatic heterocycles. The van der Waals surface area contributed by atoms with Gasteiger partial charge in [-0.1, -0.05) is 30.3 Å². The van der Waals surface area contributed by atoms with E-state index in [4.69, 9.17) is 10.8 Å². The molecule has 4 heteroatoms. The number of thioether (sulfide) groups is 1. The molecule has 0 atom stereocenters. The molecule has 0 spiro atoms. The van der Waals surface area contributed by atoms with Gasteiger partial charge in [-0.2, -0.15) is 5.10 Å². The van der Waals surface area contributed by atoms with Crippen molar-refractivity contribution in [1.82, 2.24) is 9.78 Å². The van der Waals surface area contributed by atoms with Crippen molar-refractivity contribution in [3.05, 3.63) is 59.8 Å². The highest BCUT2D eigenvalue weighted by Gasteiger charge is 2.09. The van der Waals surface area contributed by atoms with Gasteiger partial charge in [0.15, 0.2) is 0 Å². The first kappa shape index (κ1) is 14.2. The Morgan fingerprint density at radius 2 is 2.00 bits per heavy atom. The number of benzene rings is 2. The number of aromatic nitrogens is 2. The Bertz CT molecular complexity index is 749. The summed E-state index contributed by atoms with van der Waals surface area (Å²) in [7, 11) is 0. The first-order valence-corrected chi connectivity index (χ1v) is 8.16. The van der Waals surface area contributed by atoms with Crippen LogP contribution in [0.1, 0.15) is 18.2 Å². The van der Waals surface area contributed by atoms with Crippen LogP contribution < -0.4 is 5.73 Å². The number of hydrogen-bond acceptors (Lipinski definition) is 3. The summed E-state index contributed by atoms with van der Waals surface area (Å²) < 4.78 is 2.07. The molecule has 0 bridgehead atoms. The lowest BCUT2D eigenvalue weighted by Crippen LogP contribution is -1.96. The molecule has 1 aromatic heterocycles. The van der Waals surface area contributed by atoms with Crippen molar-refractivity contribution in [3.63, 3.8) is 0 Å². The molecule has 3 rings (SSSR count). The fraction of sp³-hybridized carbons (Fsp3) is 0.235. The molecule has 0 amide bonds. The van der Waals surface area contributed by atoms with Crippen LogP contribution in [-0.4, -0.2) is 9.78 Å². The monoisotopic (exact) mass is 297 g/mol. The molecule has 3 nitrogen and oxygen atoms in total. The second-order valence-electron chi connectivity index (χ2n) is 4.92. The molecule has 2 aromatic carbocycles. The Balaban J connectivity index is 1.85. The van der Waals surface area contributed by atoms with Crippen molar-refractivity contribution < 1.29 is 0 Å². The van der Waals surface area contributed by atoms with Crippen LogP contribution >= 0.6 is 11.8 Å². The van der Waals surface area contributed by atoms with Crippen LogP contribution in [0.2, 0.25) is 0 Å². The summed E-state index contributed by atoms with van der Waals surface area (Å²) in [5.41, 5.74) is 9.23. The van der Waals surface area contributed by atoms with Gasteiger partial charge in [0.05, 0.1) is 11.2 Å². The molecule has 0 aliphatic rings. The summed E-state index contributed by atoms with van der Waals surface area (Å²) in [5, 5.41) is 5.99. The molecule has 0 radical (unpaired) electrons. The molecule has 0 saturated heterocycles. The average molecular weight is 297 g/mol. The van der Waals surface area contributed by atoms with Crippen LogP contribution in [0.3, 0.4) is 0 Å². The van der Waals surface area contributed by atoms with E-state index in [2.05, 4.69) is 60.1 Å². The molecule has 0 fully saturated rings. The molecule has 1 heterocycles. The maximum Gasteiger partial charge on any atom is 0.0805 e. The van der Waals surface area contributed by atoms with E-state index in [1.165, 1.54) is 21.4 Å². The smallest absolute Gasteiger partial charge is 0.0805 e. The van der Waals surface area contributed by atoms with E-state index in [0.717, 1.165) is 18.0 Å². The van der Waals surface area contributed by atoms with E-state index in [1.54, 1.807) is 0 Å². The van der Waals surface area contributed by atoms with E-state index in [1.807, 2.05) is 11.8 Å². The topological polar surface area (TPSA) is 43.8 Å². The minimum atomic E-state index is 0.585. The van der Waals surface area contributed by atoms with Gasteiger partial charge in [0.25, 0.3) is 0 Å². The van der Waals surface area contributed by atoms with Crippen LogP contribution in [0.15, 0.2) is 53.4 Å². The molecule has 21 heavy (non-hydrogen) atoms. The second-order valence-corrected chi connectivity index (χ2v) is 5.97. The van der Waals surface area contributed by atoms with Gasteiger partial charge in [-0.3, -0.25) is 4.68 Å². The van der Waals surface area contributed by atoms with Crippen molar-refractivity contribution in [2.75, 3.05) is 0 Å². The van der Waals surface area contributed by atoms with E-state index < -0.39 is 0 Å². The molecular formula is C17H19N3S. The van der Waals surface area contributed by atoms with Crippen molar-refractivity contribution in [3.8, 4) is 0 Å². The average Bonchev–Trinajstić information content (AvgIpc) is 2.91. The predicted molar refractivity (Wildman–Crippen MR) is 89.3 cm³/mol. The van der Waals surface area contributed by atoms with Gasteiger partial charge in [0.1, 0.15) is 0 Å². The quantitative estimate of drug-likeness (QED) is 0.728. The van der Waals surface area contributed by atoms with Crippen molar-refractivity contribution >= 4 is 22.7 Å². The third kappa shape index (κ3) is 2.96.